The van der Waals surface area contributed by atoms with E-state index >= 15 is 0 Å². The van der Waals surface area contributed by atoms with Crippen molar-refractivity contribution in [3.05, 3.63) is 59.1 Å². The molecule has 4 nitrogen and oxygen atoms in total. The van der Waals surface area contributed by atoms with Gasteiger partial charge in [-0.15, -0.1) is 0 Å². The Bertz CT molecular complexity index is 1090. The smallest absolute Gasteiger partial charge is 0.118 e. The van der Waals surface area contributed by atoms with E-state index in [4.69, 9.17) is 21.3 Å². The minimum atomic E-state index is -0.603. The zero-order valence-electron chi connectivity index (χ0n) is 24.4. The number of aliphatic hydroxyl groups excluding tert-OH is 1. The average Bonchev–Trinajstić information content (AvgIpc) is 2.95. The Hall–Kier alpha value is -2.14. The fourth-order valence-corrected chi connectivity index (χ4v) is 5.45. The van der Waals surface area contributed by atoms with Crippen molar-refractivity contribution in [1.82, 2.24) is 9.88 Å². The summed E-state index contributed by atoms with van der Waals surface area (Å²) < 4.78 is 5.33. The van der Waals surface area contributed by atoms with Crippen molar-refractivity contribution in [1.29, 1.82) is 0 Å². The molecule has 1 N–H and O–H groups in total. The molecule has 0 amide bonds. The molecule has 1 aromatic heterocycles. The Balaban J connectivity index is 1.77. The van der Waals surface area contributed by atoms with E-state index in [1.165, 1.54) is 77.0 Å². The maximum absolute atomic E-state index is 11.6. The second-order valence-electron chi connectivity index (χ2n) is 10.8. The molecule has 1 heterocycles. The monoisotopic (exact) mass is 552 g/mol. The van der Waals surface area contributed by atoms with Gasteiger partial charge in [0, 0.05) is 22.5 Å². The number of nitrogens with zero attached hydrogens (tertiary/aromatic N) is 2. The van der Waals surface area contributed by atoms with E-state index in [2.05, 4.69) is 24.8 Å². The zero-order valence-corrected chi connectivity index (χ0v) is 25.2. The molecule has 0 bridgehead atoms. The highest BCUT2D eigenvalue weighted by atomic mass is 35.5. The zero-order chi connectivity index (χ0) is 27.9. The van der Waals surface area contributed by atoms with Gasteiger partial charge < -0.3 is 14.7 Å². The molecule has 0 aliphatic carbocycles. The molecular weight excluding hydrogens is 504 g/mol. The summed E-state index contributed by atoms with van der Waals surface area (Å²) in [5.41, 5.74) is 3.55. The van der Waals surface area contributed by atoms with Gasteiger partial charge in [-0.3, -0.25) is 0 Å². The van der Waals surface area contributed by atoms with Gasteiger partial charge >= 0.3 is 0 Å². The molecule has 2 aromatic carbocycles. The maximum atomic E-state index is 11.6. The fourth-order valence-electron chi connectivity index (χ4n) is 5.28. The number of methoxy groups -OCH3 is 1. The molecule has 0 aliphatic heterocycles. The number of fused-ring (bicyclic) bond motifs is 1. The van der Waals surface area contributed by atoms with Gasteiger partial charge in [-0.2, -0.15) is 0 Å². The van der Waals surface area contributed by atoms with Crippen LogP contribution in [-0.2, 0) is 0 Å². The number of benzene rings is 2. The van der Waals surface area contributed by atoms with Gasteiger partial charge in [-0.05, 0) is 74.0 Å². The summed E-state index contributed by atoms with van der Waals surface area (Å²) in [4.78, 5) is 7.39. The highest BCUT2D eigenvalue weighted by molar-refractivity contribution is 6.31. The number of halogens is 1. The third-order valence-corrected chi connectivity index (χ3v) is 7.87. The third kappa shape index (κ3) is 10.4. The van der Waals surface area contributed by atoms with Crippen LogP contribution >= 0.6 is 11.6 Å². The predicted molar refractivity (Wildman–Crippen MR) is 167 cm³/mol. The number of hydrogen-bond donors (Lipinski definition) is 1. The van der Waals surface area contributed by atoms with Gasteiger partial charge in [0.2, 0.25) is 0 Å². The van der Waals surface area contributed by atoms with Crippen LogP contribution in [0.15, 0.2) is 48.5 Å². The summed E-state index contributed by atoms with van der Waals surface area (Å²) >= 11 is 6.35. The topological polar surface area (TPSA) is 45.6 Å². The lowest BCUT2D eigenvalue weighted by Gasteiger charge is -2.26. The molecule has 0 saturated heterocycles. The van der Waals surface area contributed by atoms with Gasteiger partial charge in [-0.1, -0.05) is 95.7 Å². The van der Waals surface area contributed by atoms with Gasteiger partial charge in [0.1, 0.15) is 5.75 Å². The quantitative estimate of drug-likeness (QED) is 0.150. The van der Waals surface area contributed by atoms with Crippen LogP contribution in [0.1, 0.15) is 103 Å². The second kappa shape index (κ2) is 17.5. The maximum Gasteiger partial charge on any atom is 0.118 e. The first kappa shape index (κ1) is 31.4. The predicted octanol–water partition coefficient (Wildman–Crippen LogP) is 9.62. The van der Waals surface area contributed by atoms with Crippen molar-refractivity contribution >= 4 is 22.5 Å². The number of aliphatic hydroxyl groups is 1. The molecule has 5 heteroatoms. The number of aromatic nitrogens is 1. The molecule has 3 rings (SSSR count). The fraction of sp³-hybridized carbons (Fsp3) is 0.559. The van der Waals surface area contributed by atoms with Crippen molar-refractivity contribution in [3.8, 4) is 17.0 Å². The molecule has 0 radical (unpaired) electrons. The summed E-state index contributed by atoms with van der Waals surface area (Å²) in [7, 11) is 1.67. The number of pyridine rings is 1. The van der Waals surface area contributed by atoms with Crippen LogP contribution in [-0.4, -0.2) is 41.7 Å². The van der Waals surface area contributed by atoms with Gasteiger partial charge in [-0.25, -0.2) is 4.98 Å². The van der Waals surface area contributed by atoms with E-state index in [1.54, 1.807) is 7.11 Å². The van der Waals surface area contributed by atoms with E-state index < -0.39 is 6.10 Å². The number of hydrogen-bond acceptors (Lipinski definition) is 4. The largest absolute Gasteiger partial charge is 0.497 e. The van der Waals surface area contributed by atoms with Gasteiger partial charge in [0.05, 0.1) is 24.4 Å². The minimum Gasteiger partial charge on any atom is -0.497 e. The molecule has 1 atom stereocenters. The highest BCUT2D eigenvalue weighted by Gasteiger charge is 2.18. The highest BCUT2D eigenvalue weighted by Crippen LogP contribution is 2.31. The van der Waals surface area contributed by atoms with Crippen LogP contribution in [0.4, 0.5) is 0 Å². The lowest BCUT2D eigenvalue weighted by molar-refractivity contribution is 0.111. The molecular formula is C34H49ClN2O2. The molecule has 214 valence electrons. The van der Waals surface area contributed by atoms with E-state index in [-0.39, 0.29) is 0 Å². The van der Waals surface area contributed by atoms with Crippen LogP contribution in [0.3, 0.4) is 0 Å². The lowest BCUT2D eigenvalue weighted by atomic mass is 9.99. The molecule has 39 heavy (non-hydrogen) atoms. The van der Waals surface area contributed by atoms with Crippen LogP contribution in [0.5, 0.6) is 5.75 Å². The standard InChI is InChI=1S/C34H49ClN2O2/c1-4-6-8-10-12-14-22-37(23-15-13-11-9-7-5-2)26-34(38)31-25-32(27-16-19-29(39-3)20-17-27)36-33-24-28(35)18-21-30(31)33/h16-21,24-25,34,38H,4-15,22-23,26H2,1-3H3/t34-/m1/s1. The molecule has 0 fully saturated rings. The lowest BCUT2D eigenvalue weighted by Crippen LogP contribution is -2.31. The van der Waals surface area contributed by atoms with Crippen LogP contribution in [0.25, 0.3) is 22.2 Å². The number of rotatable bonds is 19. The molecule has 0 saturated carbocycles. The van der Waals surface area contributed by atoms with E-state index in [0.717, 1.165) is 46.6 Å². The summed E-state index contributed by atoms with van der Waals surface area (Å²) in [5, 5.41) is 13.2. The van der Waals surface area contributed by atoms with Crippen LogP contribution in [0, 0.1) is 0 Å². The number of ether oxygens (including phenoxy) is 1. The van der Waals surface area contributed by atoms with Crippen molar-refractivity contribution < 1.29 is 9.84 Å². The second-order valence-corrected chi connectivity index (χ2v) is 11.3. The summed E-state index contributed by atoms with van der Waals surface area (Å²) in [5.74, 6) is 0.808. The van der Waals surface area contributed by atoms with Gasteiger partial charge in [0.25, 0.3) is 0 Å². The molecule has 0 spiro atoms. The van der Waals surface area contributed by atoms with Crippen molar-refractivity contribution in [2.75, 3.05) is 26.7 Å². The normalized spacial score (nSPS) is 12.4. The van der Waals surface area contributed by atoms with E-state index in [1.807, 2.05) is 42.5 Å². The Labute approximate surface area is 241 Å². The Morgan fingerprint density at radius 1 is 0.795 bits per heavy atom. The number of unbranched alkanes of at least 4 members (excludes halogenated alkanes) is 10. The first-order valence-corrected chi connectivity index (χ1v) is 15.6. The van der Waals surface area contributed by atoms with Crippen molar-refractivity contribution in [2.24, 2.45) is 0 Å². The molecule has 0 unspecified atom stereocenters. The summed E-state index contributed by atoms with van der Waals surface area (Å²) in [6, 6.07) is 15.7. The minimum absolute atomic E-state index is 0.603. The molecule has 0 aliphatic rings. The van der Waals surface area contributed by atoms with Crippen LogP contribution < -0.4 is 4.74 Å². The van der Waals surface area contributed by atoms with Crippen molar-refractivity contribution in [2.45, 2.75) is 97.0 Å². The SMILES string of the molecule is CCCCCCCCN(CCCCCCCC)C[C@@H](O)c1cc(-c2ccc(OC)cc2)nc2cc(Cl)ccc12. The van der Waals surface area contributed by atoms with Crippen LogP contribution in [0.2, 0.25) is 5.02 Å². The van der Waals surface area contributed by atoms with E-state index in [9.17, 15) is 5.11 Å². The average molecular weight is 553 g/mol. The van der Waals surface area contributed by atoms with Crippen molar-refractivity contribution in [3.63, 3.8) is 0 Å². The van der Waals surface area contributed by atoms with E-state index in [0.29, 0.717) is 11.6 Å². The Morgan fingerprint density at radius 3 is 1.97 bits per heavy atom. The first-order chi connectivity index (χ1) is 19.0. The summed E-state index contributed by atoms with van der Waals surface area (Å²) in [6.45, 7) is 7.24. The van der Waals surface area contributed by atoms with Gasteiger partial charge in [0.15, 0.2) is 0 Å². The first-order valence-electron chi connectivity index (χ1n) is 15.2. The Morgan fingerprint density at radius 2 is 1.38 bits per heavy atom. The summed E-state index contributed by atoms with van der Waals surface area (Å²) in [6.07, 6.45) is 14.8. The third-order valence-electron chi connectivity index (χ3n) is 7.64. The molecule has 3 aromatic rings. The Kier molecular flexibility index (Phi) is 14.1.